The fraction of sp³-hybridized carbons (Fsp3) is 0.632. The molecule has 1 heterocycles. The van der Waals surface area contributed by atoms with Gasteiger partial charge in [0.05, 0.1) is 0 Å². The van der Waals surface area contributed by atoms with Gasteiger partial charge in [0.2, 0.25) is 5.91 Å². The summed E-state index contributed by atoms with van der Waals surface area (Å²) >= 11 is 0. The highest BCUT2D eigenvalue weighted by Crippen LogP contribution is 2.18. The Morgan fingerprint density at radius 2 is 1.83 bits per heavy atom. The number of piperidine rings is 1. The van der Waals surface area contributed by atoms with Gasteiger partial charge in [0.25, 0.3) is 0 Å². The summed E-state index contributed by atoms with van der Waals surface area (Å²) in [6, 6.07) is 8.66. The van der Waals surface area contributed by atoms with Crippen molar-refractivity contribution in [1.29, 1.82) is 0 Å². The molecule has 1 fully saturated rings. The summed E-state index contributed by atoms with van der Waals surface area (Å²) in [5.41, 5.74) is 2.53. The summed E-state index contributed by atoms with van der Waals surface area (Å²) in [5, 5.41) is 6.04. The summed E-state index contributed by atoms with van der Waals surface area (Å²) < 4.78 is 0. The van der Waals surface area contributed by atoms with Crippen molar-refractivity contribution in [2.45, 2.75) is 45.7 Å². The standard InChI is InChI=1S/C19H31N3O/c1-16-9-12-22(13-10-16)15-18-7-5-17(6-8-18)14-21-19(23)4-3-11-20-2/h5-8,16,20H,3-4,9-15H2,1-2H3,(H,21,23). The van der Waals surface area contributed by atoms with Crippen LogP contribution in [0.4, 0.5) is 0 Å². The molecule has 0 aliphatic carbocycles. The molecule has 0 unspecified atom stereocenters. The predicted molar refractivity (Wildman–Crippen MR) is 95.1 cm³/mol. The lowest BCUT2D eigenvalue weighted by molar-refractivity contribution is -0.121. The molecular formula is C19H31N3O. The zero-order valence-electron chi connectivity index (χ0n) is 14.6. The van der Waals surface area contributed by atoms with Crippen molar-refractivity contribution in [2.75, 3.05) is 26.7 Å². The molecule has 4 heteroatoms. The first-order chi connectivity index (χ1) is 11.2. The number of benzene rings is 1. The van der Waals surface area contributed by atoms with Crippen LogP contribution in [0.25, 0.3) is 0 Å². The Hall–Kier alpha value is -1.39. The maximum atomic E-state index is 11.7. The van der Waals surface area contributed by atoms with Crippen molar-refractivity contribution in [3.8, 4) is 0 Å². The fourth-order valence-corrected chi connectivity index (χ4v) is 2.96. The lowest BCUT2D eigenvalue weighted by Gasteiger charge is -2.30. The van der Waals surface area contributed by atoms with Crippen LogP contribution in [-0.4, -0.2) is 37.5 Å². The van der Waals surface area contributed by atoms with Crippen LogP contribution in [0.3, 0.4) is 0 Å². The minimum Gasteiger partial charge on any atom is -0.352 e. The van der Waals surface area contributed by atoms with E-state index in [-0.39, 0.29) is 5.91 Å². The Morgan fingerprint density at radius 3 is 2.48 bits per heavy atom. The highest BCUT2D eigenvalue weighted by Gasteiger charge is 2.15. The number of rotatable bonds is 8. The minimum absolute atomic E-state index is 0.131. The molecule has 1 aromatic rings. The van der Waals surface area contributed by atoms with E-state index in [0.717, 1.165) is 25.4 Å². The van der Waals surface area contributed by atoms with E-state index in [1.165, 1.54) is 37.1 Å². The molecule has 23 heavy (non-hydrogen) atoms. The van der Waals surface area contributed by atoms with Crippen molar-refractivity contribution < 1.29 is 4.79 Å². The zero-order chi connectivity index (χ0) is 16.5. The van der Waals surface area contributed by atoms with E-state index < -0.39 is 0 Å². The summed E-state index contributed by atoms with van der Waals surface area (Å²) in [4.78, 5) is 14.2. The summed E-state index contributed by atoms with van der Waals surface area (Å²) in [6.07, 6.45) is 4.11. The molecule has 1 aliphatic rings. The third-order valence-corrected chi connectivity index (χ3v) is 4.63. The van der Waals surface area contributed by atoms with Gasteiger partial charge in [-0.2, -0.15) is 0 Å². The number of hydrogen-bond acceptors (Lipinski definition) is 3. The monoisotopic (exact) mass is 317 g/mol. The molecule has 1 aromatic carbocycles. The molecule has 0 radical (unpaired) electrons. The van der Waals surface area contributed by atoms with Gasteiger partial charge < -0.3 is 10.6 Å². The molecule has 1 saturated heterocycles. The van der Waals surface area contributed by atoms with Gasteiger partial charge in [0, 0.05) is 19.5 Å². The second-order valence-corrected chi connectivity index (χ2v) is 6.76. The first-order valence-corrected chi connectivity index (χ1v) is 8.89. The maximum absolute atomic E-state index is 11.7. The van der Waals surface area contributed by atoms with Crippen LogP contribution in [0.1, 0.15) is 43.7 Å². The van der Waals surface area contributed by atoms with Crippen LogP contribution in [0.15, 0.2) is 24.3 Å². The van der Waals surface area contributed by atoms with Crippen molar-refractivity contribution in [3.63, 3.8) is 0 Å². The first-order valence-electron chi connectivity index (χ1n) is 8.89. The van der Waals surface area contributed by atoms with Crippen molar-refractivity contribution >= 4 is 5.91 Å². The molecule has 0 atom stereocenters. The van der Waals surface area contributed by atoms with E-state index >= 15 is 0 Å². The molecule has 0 bridgehead atoms. The second kappa shape index (κ2) is 9.68. The van der Waals surface area contributed by atoms with Gasteiger partial charge in [0.1, 0.15) is 0 Å². The molecule has 1 amide bonds. The van der Waals surface area contributed by atoms with E-state index in [0.29, 0.717) is 13.0 Å². The van der Waals surface area contributed by atoms with Gasteiger partial charge in [-0.05, 0) is 63.0 Å². The molecule has 128 valence electrons. The maximum Gasteiger partial charge on any atom is 0.220 e. The van der Waals surface area contributed by atoms with Gasteiger partial charge in [0.15, 0.2) is 0 Å². The number of nitrogens with one attached hydrogen (secondary N) is 2. The summed E-state index contributed by atoms with van der Waals surface area (Å²) in [6.45, 7) is 7.33. The van der Waals surface area contributed by atoms with Gasteiger partial charge in [-0.25, -0.2) is 0 Å². The molecule has 0 saturated carbocycles. The van der Waals surface area contributed by atoms with Crippen LogP contribution in [0, 0.1) is 5.92 Å². The molecule has 0 spiro atoms. The number of likely N-dealkylation sites (tertiary alicyclic amines) is 1. The topological polar surface area (TPSA) is 44.4 Å². The van der Waals surface area contributed by atoms with Crippen molar-refractivity contribution in [2.24, 2.45) is 5.92 Å². The Bertz CT molecular complexity index is 464. The van der Waals surface area contributed by atoms with E-state index in [1.54, 1.807) is 0 Å². The summed E-state index contributed by atoms with van der Waals surface area (Å²) in [7, 11) is 1.91. The molecular weight excluding hydrogens is 286 g/mol. The van der Waals surface area contributed by atoms with Crippen molar-refractivity contribution in [1.82, 2.24) is 15.5 Å². The van der Waals surface area contributed by atoms with E-state index in [9.17, 15) is 4.79 Å². The van der Waals surface area contributed by atoms with Crippen LogP contribution >= 0.6 is 0 Å². The number of carbonyl (C=O) groups is 1. The van der Waals surface area contributed by atoms with Gasteiger partial charge in [-0.15, -0.1) is 0 Å². The van der Waals surface area contributed by atoms with Crippen LogP contribution in [-0.2, 0) is 17.9 Å². The SMILES string of the molecule is CNCCCC(=O)NCc1ccc(CN2CCC(C)CC2)cc1. The first kappa shape index (κ1) is 18.0. The quantitative estimate of drug-likeness (QED) is 0.724. The summed E-state index contributed by atoms with van der Waals surface area (Å²) in [5.74, 6) is 1.01. The zero-order valence-corrected chi connectivity index (χ0v) is 14.6. The minimum atomic E-state index is 0.131. The van der Waals surface area contributed by atoms with Crippen LogP contribution in [0.2, 0.25) is 0 Å². The molecule has 2 N–H and O–H groups in total. The molecule has 4 nitrogen and oxygen atoms in total. The average molecular weight is 317 g/mol. The Kier molecular flexibility index (Phi) is 7.56. The normalized spacial score (nSPS) is 16.4. The third kappa shape index (κ3) is 6.71. The van der Waals surface area contributed by atoms with Crippen molar-refractivity contribution in [3.05, 3.63) is 35.4 Å². The van der Waals surface area contributed by atoms with E-state index in [2.05, 4.69) is 46.7 Å². The third-order valence-electron chi connectivity index (χ3n) is 4.63. The predicted octanol–water partition coefficient (Wildman–Crippen LogP) is 2.53. The highest BCUT2D eigenvalue weighted by molar-refractivity contribution is 5.75. The van der Waals surface area contributed by atoms with Gasteiger partial charge in [-0.1, -0.05) is 31.2 Å². The lowest BCUT2D eigenvalue weighted by atomic mass is 9.99. The number of nitrogens with zero attached hydrogens (tertiary/aromatic N) is 1. The molecule has 0 aromatic heterocycles. The van der Waals surface area contributed by atoms with E-state index in [4.69, 9.17) is 0 Å². The average Bonchev–Trinajstić information content (AvgIpc) is 2.57. The smallest absolute Gasteiger partial charge is 0.220 e. The largest absolute Gasteiger partial charge is 0.352 e. The van der Waals surface area contributed by atoms with Gasteiger partial charge >= 0.3 is 0 Å². The number of hydrogen-bond donors (Lipinski definition) is 2. The second-order valence-electron chi connectivity index (χ2n) is 6.76. The number of carbonyl (C=O) groups excluding carboxylic acids is 1. The van der Waals surface area contributed by atoms with Crippen LogP contribution < -0.4 is 10.6 Å². The number of amides is 1. The molecule has 1 aliphatic heterocycles. The Balaban J connectivity index is 1.70. The fourth-order valence-electron chi connectivity index (χ4n) is 2.96. The van der Waals surface area contributed by atoms with Crippen LogP contribution in [0.5, 0.6) is 0 Å². The Morgan fingerprint density at radius 1 is 1.17 bits per heavy atom. The van der Waals surface area contributed by atoms with Gasteiger partial charge in [-0.3, -0.25) is 9.69 Å². The molecule has 2 rings (SSSR count). The lowest BCUT2D eigenvalue weighted by Crippen LogP contribution is -2.32. The van der Waals surface area contributed by atoms with E-state index in [1.807, 2.05) is 7.05 Å². The highest BCUT2D eigenvalue weighted by atomic mass is 16.1. The Labute approximate surface area is 140 Å².